The fraction of sp³-hybridized carbons (Fsp3) is 0.500. The Kier molecular flexibility index (Phi) is 6.76. The van der Waals surface area contributed by atoms with E-state index in [0.29, 0.717) is 11.5 Å². The summed E-state index contributed by atoms with van der Waals surface area (Å²) >= 11 is 0. The van der Waals surface area contributed by atoms with E-state index in [-0.39, 0.29) is 36.1 Å². The van der Waals surface area contributed by atoms with Gasteiger partial charge in [-0.25, -0.2) is 9.80 Å². The highest BCUT2D eigenvalue weighted by molar-refractivity contribution is 6.04. The lowest BCUT2D eigenvalue weighted by molar-refractivity contribution is -0.132. The Labute approximate surface area is 196 Å². The monoisotopic (exact) mass is 470 g/mol. The number of carbonyl (C=O) groups is 1. The van der Waals surface area contributed by atoms with E-state index < -0.39 is 23.2 Å². The molecular formula is C24H30N4O6. The molecule has 2 aliphatic rings. The van der Waals surface area contributed by atoms with Crippen LogP contribution in [-0.2, 0) is 4.79 Å². The maximum Gasteiger partial charge on any atom is 0.331 e. The molecule has 2 N–H and O–H groups in total. The number of carbonyl (C=O) groups excluding carboxylic acids is 1. The minimum absolute atomic E-state index is 0.0675. The third-order valence-electron chi connectivity index (χ3n) is 6.61. The normalized spacial score (nSPS) is 18.6. The molecule has 1 saturated carbocycles. The Bertz CT molecular complexity index is 1220. The number of nitrogens with one attached hydrogen (secondary N) is 1. The summed E-state index contributed by atoms with van der Waals surface area (Å²) in [7, 11) is 3.07. The predicted octanol–water partition coefficient (Wildman–Crippen LogP) is 2.85. The summed E-state index contributed by atoms with van der Waals surface area (Å²) in [6.07, 6.45) is 4.89. The molecule has 1 amide bonds. The van der Waals surface area contributed by atoms with Gasteiger partial charge < -0.3 is 14.6 Å². The summed E-state index contributed by atoms with van der Waals surface area (Å²) in [5.41, 5.74) is -0.415. The molecule has 10 heteroatoms. The molecule has 1 atom stereocenters. The fourth-order valence-corrected chi connectivity index (χ4v) is 4.85. The van der Waals surface area contributed by atoms with Gasteiger partial charge in [0.15, 0.2) is 11.5 Å². The fourth-order valence-electron chi connectivity index (χ4n) is 4.85. The SMILES string of the molecule is CCC(=O)N1N=C(c2c(O)n(C3CCCCC3)c(=O)[nH]c2=O)CC1c1ccc(OC)c(OC)c1. The molecule has 2 heterocycles. The summed E-state index contributed by atoms with van der Waals surface area (Å²) in [4.78, 5) is 40.5. The molecular weight excluding hydrogens is 440 g/mol. The zero-order valence-corrected chi connectivity index (χ0v) is 19.7. The molecule has 1 fully saturated rings. The van der Waals surface area contributed by atoms with E-state index in [4.69, 9.17) is 9.47 Å². The molecule has 4 rings (SSSR count). The van der Waals surface area contributed by atoms with Crippen molar-refractivity contribution in [3.63, 3.8) is 0 Å². The molecule has 1 aromatic carbocycles. The highest BCUT2D eigenvalue weighted by Crippen LogP contribution is 2.38. The van der Waals surface area contributed by atoms with Crippen molar-refractivity contribution < 1.29 is 19.4 Å². The van der Waals surface area contributed by atoms with Crippen LogP contribution >= 0.6 is 0 Å². The van der Waals surface area contributed by atoms with Gasteiger partial charge in [0.25, 0.3) is 5.56 Å². The van der Waals surface area contributed by atoms with Crippen LogP contribution in [0.3, 0.4) is 0 Å². The van der Waals surface area contributed by atoms with Gasteiger partial charge >= 0.3 is 5.69 Å². The first-order valence-electron chi connectivity index (χ1n) is 11.6. The first-order chi connectivity index (χ1) is 16.4. The summed E-state index contributed by atoms with van der Waals surface area (Å²) in [6, 6.07) is 4.64. The summed E-state index contributed by atoms with van der Waals surface area (Å²) in [6.45, 7) is 1.73. The summed E-state index contributed by atoms with van der Waals surface area (Å²) in [5, 5.41) is 16.9. The van der Waals surface area contributed by atoms with Crippen LogP contribution in [0.15, 0.2) is 32.9 Å². The third-order valence-corrected chi connectivity index (χ3v) is 6.61. The van der Waals surface area contributed by atoms with Gasteiger partial charge in [0, 0.05) is 18.9 Å². The first kappa shape index (κ1) is 23.6. The van der Waals surface area contributed by atoms with Gasteiger partial charge in [0.1, 0.15) is 5.56 Å². The lowest BCUT2D eigenvalue weighted by Crippen LogP contribution is -2.36. The van der Waals surface area contributed by atoms with Gasteiger partial charge in [-0.3, -0.25) is 19.1 Å². The van der Waals surface area contributed by atoms with E-state index in [9.17, 15) is 19.5 Å². The van der Waals surface area contributed by atoms with Crippen LogP contribution in [0, 0.1) is 0 Å². The van der Waals surface area contributed by atoms with Gasteiger partial charge in [-0.05, 0) is 30.5 Å². The largest absolute Gasteiger partial charge is 0.494 e. The topological polar surface area (TPSA) is 126 Å². The van der Waals surface area contributed by atoms with Crippen LogP contribution in [0.5, 0.6) is 17.4 Å². The molecule has 10 nitrogen and oxygen atoms in total. The number of rotatable bonds is 6. The molecule has 0 saturated heterocycles. The van der Waals surface area contributed by atoms with E-state index in [1.54, 1.807) is 19.1 Å². The quantitative estimate of drug-likeness (QED) is 0.669. The van der Waals surface area contributed by atoms with Crippen molar-refractivity contribution >= 4 is 11.6 Å². The number of aromatic nitrogens is 2. The molecule has 1 aliphatic carbocycles. The van der Waals surface area contributed by atoms with Crippen molar-refractivity contribution in [3.8, 4) is 17.4 Å². The predicted molar refractivity (Wildman–Crippen MR) is 126 cm³/mol. The van der Waals surface area contributed by atoms with E-state index in [1.807, 2.05) is 6.07 Å². The number of aromatic amines is 1. The van der Waals surface area contributed by atoms with Crippen LogP contribution in [0.2, 0.25) is 0 Å². The van der Waals surface area contributed by atoms with Crippen LogP contribution in [0.25, 0.3) is 0 Å². The standard InChI is InChI=1S/C24H30N4O6/c1-4-20(29)28-17(14-10-11-18(33-2)19(12-14)34-3)13-16(26-28)21-22(30)25-24(32)27(23(21)31)15-8-6-5-7-9-15/h10-12,15,17,31H,4-9,13H2,1-3H3,(H,25,30,32). The number of hydrogen-bond donors (Lipinski definition) is 2. The Morgan fingerprint density at radius 2 is 1.85 bits per heavy atom. The molecule has 0 spiro atoms. The molecule has 2 aromatic rings. The minimum Gasteiger partial charge on any atom is -0.494 e. The molecule has 1 aromatic heterocycles. The number of H-pyrrole nitrogens is 1. The van der Waals surface area contributed by atoms with Gasteiger partial charge in [-0.1, -0.05) is 32.3 Å². The van der Waals surface area contributed by atoms with Gasteiger partial charge in [0.2, 0.25) is 11.8 Å². The number of benzene rings is 1. The first-order valence-corrected chi connectivity index (χ1v) is 11.6. The maximum atomic E-state index is 12.8. The maximum absolute atomic E-state index is 12.8. The second-order valence-corrected chi connectivity index (χ2v) is 8.59. The van der Waals surface area contributed by atoms with Crippen molar-refractivity contribution in [2.45, 2.75) is 64.0 Å². The van der Waals surface area contributed by atoms with Gasteiger partial charge in [-0.15, -0.1) is 0 Å². The number of methoxy groups -OCH3 is 2. The Morgan fingerprint density at radius 1 is 1.15 bits per heavy atom. The van der Waals surface area contributed by atoms with Crippen molar-refractivity contribution in [1.29, 1.82) is 0 Å². The van der Waals surface area contributed by atoms with Crippen LogP contribution in [0.4, 0.5) is 0 Å². The number of ether oxygens (including phenoxy) is 2. The van der Waals surface area contributed by atoms with Crippen molar-refractivity contribution in [3.05, 3.63) is 50.2 Å². The molecule has 34 heavy (non-hydrogen) atoms. The second kappa shape index (κ2) is 9.74. The van der Waals surface area contributed by atoms with Crippen molar-refractivity contribution in [2.24, 2.45) is 5.10 Å². The number of hydrogen-bond acceptors (Lipinski definition) is 7. The molecule has 182 valence electrons. The Hall–Kier alpha value is -3.56. The second-order valence-electron chi connectivity index (χ2n) is 8.59. The highest BCUT2D eigenvalue weighted by atomic mass is 16.5. The Balaban J connectivity index is 1.78. The average molecular weight is 471 g/mol. The molecule has 0 bridgehead atoms. The van der Waals surface area contributed by atoms with Crippen LogP contribution in [-0.4, -0.2) is 45.5 Å². The number of hydrazone groups is 1. The average Bonchev–Trinajstić information content (AvgIpc) is 3.28. The highest BCUT2D eigenvalue weighted by Gasteiger charge is 2.36. The van der Waals surface area contributed by atoms with Gasteiger partial charge in [0.05, 0.1) is 26.0 Å². The van der Waals surface area contributed by atoms with E-state index in [1.165, 1.54) is 23.8 Å². The lowest BCUT2D eigenvalue weighted by Gasteiger charge is -2.25. The smallest absolute Gasteiger partial charge is 0.331 e. The van der Waals surface area contributed by atoms with E-state index in [2.05, 4.69) is 10.1 Å². The molecule has 1 unspecified atom stereocenters. The van der Waals surface area contributed by atoms with E-state index >= 15 is 0 Å². The Morgan fingerprint density at radius 3 is 2.50 bits per heavy atom. The minimum atomic E-state index is -0.717. The summed E-state index contributed by atoms with van der Waals surface area (Å²) < 4.78 is 12.0. The van der Waals surface area contributed by atoms with Crippen LogP contribution < -0.4 is 20.7 Å². The number of amides is 1. The molecule has 1 aliphatic heterocycles. The van der Waals surface area contributed by atoms with Crippen molar-refractivity contribution in [1.82, 2.24) is 14.6 Å². The molecule has 0 radical (unpaired) electrons. The van der Waals surface area contributed by atoms with E-state index in [0.717, 1.165) is 37.7 Å². The number of aromatic hydroxyl groups is 1. The zero-order chi connectivity index (χ0) is 24.4. The van der Waals surface area contributed by atoms with Gasteiger partial charge in [-0.2, -0.15) is 5.10 Å². The van der Waals surface area contributed by atoms with Crippen molar-refractivity contribution in [2.75, 3.05) is 14.2 Å². The third kappa shape index (κ3) is 4.20. The summed E-state index contributed by atoms with van der Waals surface area (Å²) in [5.74, 6) is 0.429. The lowest BCUT2D eigenvalue weighted by atomic mass is 9.95. The van der Waals surface area contributed by atoms with Crippen LogP contribution in [0.1, 0.15) is 75.1 Å². The zero-order valence-electron chi connectivity index (χ0n) is 19.7. The number of nitrogens with zero attached hydrogens (tertiary/aromatic N) is 3.